The average molecular weight is 407 g/mol. The summed E-state index contributed by atoms with van der Waals surface area (Å²) < 4.78 is 0. The Morgan fingerprint density at radius 3 is 2.13 bits per heavy atom. The fourth-order valence-corrected chi connectivity index (χ4v) is 4.14. The van der Waals surface area contributed by atoms with Crippen LogP contribution in [0.1, 0.15) is 52.0 Å². The van der Waals surface area contributed by atoms with Crippen LogP contribution < -0.4 is 5.32 Å². The van der Waals surface area contributed by atoms with E-state index >= 15 is 0 Å². The number of non-ortho nitro benzene ring substituents is 1. The van der Waals surface area contributed by atoms with Crippen LogP contribution in [-0.4, -0.2) is 39.6 Å². The first-order valence-electron chi connectivity index (χ1n) is 9.96. The Kier molecular flexibility index (Phi) is 5.31. The predicted octanol–water partition coefficient (Wildman–Crippen LogP) is 2.86. The van der Waals surface area contributed by atoms with Crippen molar-refractivity contribution in [2.45, 2.75) is 44.2 Å². The minimum atomic E-state index is -1.03. The summed E-state index contributed by atoms with van der Waals surface area (Å²) in [6.07, 6.45) is 3.90. The molecular weight excluding hydrogens is 386 g/mol. The number of fused-ring (bicyclic) bond motifs is 1. The molecule has 0 saturated heterocycles. The molecule has 1 heterocycles. The average Bonchev–Trinajstić information content (AvgIpc) is 3.34. The molecule has 3 amide bonds. The van der Waals surface area contributed by atoms with Crippen molar-refractivity contribution in [1.82, 2.24) is 10.2 Å². The molecule has 4 rings (SSSR count). The summed E-state index contributed by atoms with van der Waals surface area (Å²) in [4.78, 5) is 50.5. The predicted molar refractivity (Wildman–Crippen MR) is 108 cm³/mol. The molecule has 1 fully saturated rings. The van der Waals surface area contributed by atoms with E-state index in [-0.39, 0.29) is 35.2 Å². The van der Waals surface area contributed by atoms with Gasteiger partial charge in [0.25, 0.3) is 17.5 Å². The smallest absolute Gasteiger partial charge is 0.269 e. The van der Waals surface area contributed by atoms with E-state index in [1.807, 2.05) is 0 Å². The lowest BCUT2D eigenvalue weighted by molar-refractivity contribution is -0.384. The number of imide groups is 1. The highest BCUT2D eigenvalue weighted by Gasteiger charge is 2.43. The van der Waals surface area contributed by atoms with Crippen LogP contribution in [-0.2, 0) is 11.2 Å². The Bertz CT molecular complexity index is 977. The van der Waals surface area contributed by atoms with Gasteiger partial charge < -0.3 is 5.32 Å². The molecule has 0 aromatic heterocycles. The molecule has 2 aliphatic rings. The second-order valence-corrected chi connectivity index (χ2v) is 7.66. The minimum absolute atomic E-state index is 0.0343. The number of hydrogen-bond acceptors (Lipinski definition) is 5. The molecule has 30 heavy (non-hydrogen) atoms. The zero-order valence-corrected chi connectivity index (χ0v) is 16.2. The third kappa shape index (κ3) is 3.68. The van der Waals surface area contributed by atoms with Crippen LogP contribution in [0, 0.1) is 10.1 Å². The summed E-state index contributed by atoms with van der Waals surface area (Å²) >= 11 is 0. The van der Waals surface area contributed by atoms with Gasteiger partial charge in [-0.1, -0.05) is 37.1 Å². The molecule has 1 aliphatic carbocycles. The quantitative estimate of drug-likeness (QED) is 0.450. The van der Waals surface area contributed by atoms with Crippen LogP contribution in [0.3, 0.4) is 0 Å². The number of nitrogens with zero attached hydrogens (tertiary/aromatic N) is 2. The van der Waals surface area contributed by atoms with Crippen LogP contribution in [0.4, 0.5) is 5.69 Å². The van der Waals surface area contributed by atoms with Gasteiger partial charge in [-0.3, -0.25) is 29.4 Å². The van der Waals surface area contributed by atoms with Gasteiger partial charge in [0.05, 0.1) is 16.1 Å². The van der Waals surface area contributed by atoms with Crippen molar-refractivity contribution in [3.63, 3.8) is 0 Å². The Morgan fingerprint density at radius 2 is 1.60 bits per heavy atom. The highest BCUT2D eigenvalue weighted by atomic mass is 16.6. The number of nitro groups is 1. The van der Waals surface area contributed by atoms with Gasteiger partial charge in [-0.05, 0) is 30.5 Å². The molecule has 2 aromatic rings. The summed E-state index contributed by atoms with van der Waals surface area (Å²) in [7, 11) is 0. The Labute approximate surface area is 173 Å². The van der Waals surface area contributed by atoms with Gasteiger partial charge in [0, 0.05) is 24.6 Å². The maximum Gasteiger partial charge on any atom is 0.269 e. The first-order valence-corrected chi connectivity index (χ1v) is 9.96. The molecule has 1 N–H and O–H groups in total. The number of nitrogens with one attached hydrogen (secondary N) is 1. The summed E-state index contributed by atoms with van der Waals surface area (Å²) in [5.74, 6) is -1.37. The van der Waals surface area contributed by atoms with Crippen LogP contribution in [0.25, 0.3) is 0 Å². The highest BCUT2D eigenvalue weighted by Crippen LogP contribution is 2.27. The zero-order chi connectivity index (χ0) is 21.3. The fraction of sp³-hybridized carbons (Fsp3) is 0.318. The third-order valence-corrected chi connectivity index (χ3v) is 5.72. The molecule has 154 valence electrons. The van der Waals surface area contributed by atoms with E-state index in [1.165, 1.54) is 12.1 Å². The topological polar surface area (TPSA) is 110 Å². The SMILES string of the molecule is O=C(NC1CCCC1)[C@H](Cc1ccc([N+](=O)[O-])cc1)N1C(=O)c2ccccc2C1=O. The van der Waals surface area contributed by atoms with Gasteiger partial charge in [-0.15, -0.1) is 0 Å². The lowest BCUT2D eigenvalue weighted by Gasteiger charge is -2.27. The van der Waals surface area contributed by atoms with Gasteiger partial charge in [-0.2, -0.15) is 0 Å². The molecule has 0 spiro atoms. The van der Waals surface area contributed by atoms with Crippen LogP contribution in [0.5, 0.6) is 0 Å². The van der Waals surface area contributed by atoms with Crippen LogP contribution >= 0.6 is 0 Å². The first-order chi connectivity index (χ1) is 14.5. The number of nitro benzene ring substituents is 1. The van der Waals surface area contributed by atoms with Gasteiger partial charge in [0.15, 0.2) is 0 Å². The molecule has 0 bridgehead atoms. The standard InChI is InChI=1S/C22H21N3O5/c26-20(23-15-5-1-2-6-15)19(13-14-9-11-16(12-10-14)25(29)30)24-21(27)17-7-3-4-8-18(17)22(24)28/h3-4,7-12,15,19H,1-2,5-6,13H2,(H,23,26)/t19-/m0/s1. The molecule has 8 nitrogen and oxygen atoms in total. The monoisotopic (exact) mass is 407 g/mol. The van der Waals surface area contributed by atoms with E-state index in [1.54, 1.807) is 36.4 Å². The molecule has 2 aromatic carbocycles. The number of carbonyl (C=O) groups is 3. The largest absolute Gasteiger partial charge is 0.352 e. The molecule has 1 atom stereocenters. The summed E-state index contributed by atoms with van der Waals surface area (Å²) in [5, 5.41) is 13.9. The number of benzene rings is 2. The summed E-state index contributed by atoms with van der Waals surface area (Å²) in [5.41, 5.74) is 1.13. The molecular formula is C22H21N3O5. The second-order valence-electron chi connectivity index (χ2n) is 7.66. The fourth-order valence-electron chi connectivity index (χ4n) is 4.14. The van der Waals surface area contributed by atoms with Gasteiger partial charge >= 0.3 is 0 Å². The third-order valence-electron chi connectivity index (χ3n) is 5.72. The minimum Gasteiger partial charge on any atom is -0.352 e. The van der Waals surface area contributed by atoms with Crippen molar-refractivity contribution in [2.24, 2.45) is 0 Å². The van der Waals surface area contributed by atoms with Gasteiger partial charge in [0.2, 0.25) is 5.91 Å². The maximum absolute atomic E-state index is 13.1. The van der Waals surface area contributed by atoms with Gasteiger partial charge in [0.1, 0.15) is 6.04 Å². The number of rotatable bonds is 6. The highest BCUT2D eigenvalue weighted by molar-refractivity contribution is 6.22. The second kappa shape index (κ2) is 8.06. The Morgan fingerprint density at radius 1 is 1.03 bits per heavy atom. The summed E-state index contributed by atoms with van der Waals surface area (Å²) in [6, 6.07) is 11.3. The lowest BCUT2D eigenvalue weighted by Crippen LogP contribution is -2.52. The molecule has 0 radical (unpaired) electrons. The van der Waals surface area contributed by atoms with E-state index in [2.05, 4.69) is 5.32 Å². The Hall–Kier alpha value is -3.55. The van der Waals surface area contributed by atoms with Crippen molar-refractivity contribution in [3.8, 4) is 0 Å². The van der Waals surface area contributed by atoms with E-state index in [4.69, 9.17) is 0 Å². The molecule has 1 saturated carbocycles. The lowest BCUT2D eigenvalue weighted by atomic mass is 10.0. The molecule has 0 unspecified atom stereocenters. The molecule has 1 aliphatic heterocycles. The molecule has 8 heteroatoms. The Balaban J connectivity index is 1.63. The van der Waals surface area contributed by atoms with Crippen molar-refractivity contribution in [1.29, 1.82) is 0 Å². The first kappa shape index (κ1) is 19.8. The van der Waals surface area contributed by atoms with Crippen molar-refractivity contribution in [3.05, 3.63) is 75.3 Å². The van der Waals surface area contributed by atoms with Crippen LogP contribution in [0.2, 0.25) is 0 Å². The number of carbonyl (C=O) groups excluding carboxylic acids is 3. The number of hydrogen-bond donors (Lipinski definition) is 1. The van der Waals surface area contributed by atoms with E-state index in [0.29, 0.717) is 5.56 Å². The van der Waals surface area contributed by atoms with Crippen molar-refractivity contribution < 1.29 is 19.3 Å². The summed E-state index contributed by atoms with van der Waals surface area (Å²) in [6.45, 7) is 0. The number of amides is 3. The van der Waals surface area contributed by atoms with E-state index < -0.39 is 22.8 Å². The van der Waals surface area contributed by atoms with Crippen molar-refractivity contribution in [2.75, 3.05) is 0 Å². The van der Waals surface area contributed by atoms with Gasteiger partial charge in [-0.25, -0.2) is 0 Å². The van der Waals surface area contributed by atoms with Crippen LogP contribution in [0.15, 0.2) is 48.5 Å². The van der Waals surface area contributed by atoms with E-state index in [9.17, 15) is 24.5 Å². The maximum atomic E-state index is 13.1. The normalized spacial score (nSPS) is 17.1. The van der Waals surface area contributed by atoms with E-state index in [0.717, 1.165) is 30.6 Å². The zero-order valence-electron chi connectivity index (χ0n) is 16.2. The van der Waals surface area contributed by atoms with Crippen molar-refractivity contribution >= 4 is 23.4 Å².